The Morgan fingerprint density at radius 2 is 1.24 bits per heavy atom. The summed E-state index contributed by atoms with van der Waals surface area (Å²) in [6.07, 6.45) is 0.564. The third-order valence-electron chi connectivity index (χ3n) is 11.3. The van der Waals surface area contributed by atoms with Gasteiger partial charge >= 0.3 is 0 Å². The van der Waals surface area contributed by atoms with Crippen LogP contribution in [0.5, 0.6) is 5.75 Å². The van der Waals surface area contributed by atoms with E-state index in [1.165, 1.54) is 29.2 Å². The number of carbonyl (C=O) groups is 10. The fraction of sp³-hybridized carbons (Fsp3) is 0.619. The number of benzene rings is 1. The summed E-state index contributed by atoms with van der Waals surface area (Å²) in [5, 5.41) is 37.5. The average molecular weight is 982 g/mol. The standard InChI is InChI=1S/C42H67N11O12S2/c1-5-21(3)33(40(63)46-17-32(45)57)52-39(62)30-8-7-15-53(30)42(65)29(20-67)50-38(61)28(18-54)49-36(59)26(13-14-31(44)56)47-41(64)34(22(4)6-2)51-37(60)27(48-35(58)25(43)19-66)16-23-9-11-24(55)12-10-23/h9-12,21-22,25-30,33-34,54-55,66-67H,5-8,13-20,43H2,1-4H3,(H2,44,56)(H2,45,57)(H,46,63)(H,47,64)(H,48,58)(H,49,59)(H,50,61)(H,51,60)(H,52,62)/t21-,22-,25-,26-,27-,28-,29-,30-,33-,34-/m0/s1. The molecule has 1 heterocycles. The van der Waals surface area contributed by atoms with Crippen molar-refractivity contribution in [3.63, 3.8) is 0 Å². The first kappa shape index (κ1) is 57.5. The average Bonchev–Trinajstić information content (AvgIpc) is 3.80. The third kappa shape index (κ3) is 18.2. The van der Waals surface area contributed by atoms with Crippen LogP contribution in [0.3, 0.4) is 0 Å². The summed E-state index contributed by atoms with van der Waals surface area (Å²) >= 11 is 8.27. The largest absolute Gasteiger partial charge is 0.508 e. The molecule has 0 bridgehead atoms. The zero-order chi connectivity index (χ0) is 50.5. The number of phenolic OH excluding ortho intramolecular Hbond substituents is 1. The molecule has 1 fully saturated rings. The summed E-state index contributed by atoms with van der Waals surface area (Å²) in [4.78, 5) is 132. The van der Waals surface area contributed by atoms with Crippen molar-refractivity contribution in [1.29, 1.82) is 0 Å². The van der Waals surface area contributed by atoms with Gasteiger partial charge in [0.25, 0.3) is 0 Å². The lowest BCUT2D eigenvalue weighted by atomic mass is 9.96. The van der Waals surface area contributed by atoms with Crippen LogP contribution in [-0.2, 0) is 54.4 Å². The first-order chi connectivity index (χ1) is 31.6. The number of nitrogens with one attached hydrogen (secondary N) is 7. The molecule has 0 aliphatic carbocycles. The van der Waals surface area contributed by atoms with Crippen LogP contribution in [0.15, 0.2) is 24.3 Å². The summed E-state index contributed by atoms with van der Waals surface area (Å²) < 4.78 is 0. The number of thiol groups is 2. The van der Waals surface area contributed by atoms with E-state index in [-0.39, 0.29) is 49.0 Å². The van der Waals surface area contributed by atoms with Crippen molar-refractivity contribution in [2.75, 3.05) is 31.2 Å². The predicted molar refractivity (Wildman–Crippen MR) is 250 cm³/mol. The fourth-order valence-corrected chi connectivity index (χ4v) is 7.29. The number of amides is 10. The van der Waals surface area contributed by atoms with Gasteiger partial charge in [0.1, 0.15) is 48.0 Å². The van der Waals surface area contributed by atoms with Crippen molar-refractivity contribution >= 4 is 84.3 Å². The molecule has 2 rings (SSSR count). The first-order valence-electron chi connectivity index (χ1n) is 22.0. The summed E-state index contributed by atoms with van der Waals surface area (Å²) in [5.74, 6) is -9.40. The van der Waals surface area contributed by atoms with Crippen molar-refractivity contribution in [2.45, 2.75) is 121 Å². The van der Waals surface area contributed by atoms with E-state index >= 15 is 0 Å². The van der Waals surface area contributed by atoms with E-state index < -0.39 is 133 Å². The van der Waals surface area contributed by atoms with Crippen LogP contribution in [0.25, 0.3) is 0 Å². The summed E-state index contributed by atoms with van der Waals surface area (Å²) in [7, 11) is 0. The molecule has 10 amide bonds. The van der Waals surface area contributed by atoms with E-state index in [1.54, 1.807) is 27.7 Å². The topological polar surface area (TPSA) is 377 Å². The molecule has 0 saturated carbocycles. The number of likely N-dealkylation sites (tertiary alicyclic amines) is 1. The molecule has 1 aromatic carbocycles. The molecule has 15 N–H and O–H groups in total. The number of aromatic hydroxyl groups is 1. The summed E-state index contributed by atoms with van der Waals surface area (Å²) in [6.45, 7) is 5.57. The lowest BCUT2D eigenvalue weighted by Gasteiger charge is -2.31. The van der Waals surface area contributed by atoms with Crippen LogP contribution in [0, 0.1) is 11.8 Å². The number of primary amides is 2. The van der Waals surface area contributed by atoms with Gasteiger partial charge in [0.05, 0.1) is 19.2 Å². The van der Waals surface area contributed by atoms with Crippen LogP contribution in [0.4, 0.5) is 0 Å². The molecule has 23 nitrogen and oxygen atoms in total. The van der Waals surface area contributed by atoms with Crippen molar-refractivity contribution in [3.8, 4) is 5.75 Å². The van der Waals surface area contributed by atoms with Gasteiger partial charge in [-0.25, -0.2) is 0 Å². The van der Waals surface area contributed by atoms with E-state index in [0.717, 1.165) is 0 Å². The second-order valence-electron chi connectivity index (χ2n) is 16.4. The maximum atomic E-state index is 14.0. The number of hydrogen-bond acceptors (Lipinski definition) is 15. The SMILES string of the molecule is CC[C@H](C)[C@H](NC(=O)[C@H](Cc1ccc(O)cc1)NC(=O)[C@@H](N)CS)C(=O)N[C@@H](CCC(N)=O)C(=O)N[C@@H](CO)C(=O)N[C@@H](CS)C(=O)N1CCC[C@H]1C(=O)N[C@H](C(=O)NCC(N)=O)[C@@H](C)CC. The normalized spacial score (nSPS) is 17.4. The highest BCUT2D eigenvalue weighted by atomic mass is 32.1. The predicted octanol–water partition coefficient (Wildman–Crippen LogP) is -4.03. The smallest absolute Gasteiger partial charge is 0.246 e. The molecule has 0 radical (unpaired) electrons. The van der Waals surface area contributed by atoms with E-state index in [9.17, 15) is 58.2 Å². The minimum atomic E-state index is -1.72. The molecule has 1 aliphatic heterocycles. The Morgan fingerprint density at radius 1 is 0.701 bits per heavy atom. The van der Waals surface area contributed by atoms with Gasteiger partial charge < -0.3 is 69.5 Å². The number of carbonyl (C=O) groups excluding carboxylic acids is 10. The molecule has 0 unspecified atom stereocenters. The molecular weight excluding hydrogens is 915 g/mol. The maximum absolute atomic E-state index is 14.0. The number of aliphatic hydroxyl groups is 1. The van der Waals surface area contributed by atoms with Gasteiger partial charge in [-0.2, -0.15) is 25.3 Å². The van der Waals surface area contributed by atoms with Gasteiger partial charge in [0, 0.05) is 30.9 Å². The Kier molecular flexibility index (Phi) is 24.4. The van der Waals surface area contributed by atoms with E-state index in [2.05, 4.69) is 62.5 Å². The molecule has 0 aromatic heterocycles. The lowest BCUT2D eigenvalue weighted by Crippen LogP contribution is -2.62. The van der Waals surface area contributed by atoms with Gasteiger partial charge in [0.2, 0.25) is 59.1 Å². The maximum Gasteiger partial charge on any atom is 0.246 e. The molecular formula is C42H67N11O12S2. The van der Waals surface area contributed by atoms with Gasteiger partial charge in [-0.3, -0.25) is 47.9 Å². The Morgan fingerprint density at radius 3 is 1.78 bits per heavy atom. The van der Waals surface area contributed by atoms with Crippen LogP contribution < -0.4 is 54.4 Å². The van der Waals surface area contributed by atoms with Crippen molar-refractivity contribution < 1.29 is 58.2 Å². The Bertz CT molecular complexity index is 1910. The van der Waals surface area contributed by atoms with Gasteiger partial charge in [-0.1, -0.05) is 52.7 Å². The van der Waals surface area contributed by atoms with Crippen molar-refractivity contribution in [1.82, 2.24) is 42.1 Å². The van der Waals surface area contributed by atoms with Crippen molar-refractivity contribution in [3.05, 3.63) is 29.8 Å². The molecule has 1 saturated heterocycles. The zero-order valence-corrected chi connectivity index (χ0v) is 39.9. The summed E-state index contributed by atoms with van der Waals surface area (Å²) in [6, 6.07) is -4.57. The number of aliphatic hydroxyl groups excluding tert-OH is 1. The zero-order valence-electron chi connectivity index (χ0n) is 38.1. The van der Waals surface area contributed by atoms with Crippen LogP contribution in [0.2, 0.25) is 0 Å². The minimum absolute atomic E-state index is 0.0338. The highest BCUT2D eigenvalue weighted by molar-refractivity contribution is 7.80. The number of rotatable bonds is 28. The van der Waals surface area contributed by atoms with Gasteiger partial charge in [-0.05, 0) is 48.8 Å². The highest BCUT2D eigenvalue weighted by Gasteiger charge is 2.40. The second kappa shape index (κ2) is 28.5. The molecule has 67 heavy (non-hydrogen) atoms. The van der Waals surface area contributed by atoms with E-state index in [0.29, 0.717) is 24.8 Å². The Labute approximate surface area is 400 Å². The van der Waals surface area contributed by atoms with Crippen LogP contribution in [-0.4, -0.2) is 154 Å². The number of nitrogens with zero attached hydrogens (tertiary/aromatic N) is 1. The molecule has 10 atom stereocenters. The third-order valence-corrected chi connectivity index (χ3v) is 12.1. The Hall–Kier alpha value is -5.66. The van der Waals surface area contributed by atoms with Gasteiger partial charge in [0.15, 0.2) is 0 Å². The molecule has 0 spiro atoms. The second-order valence-corrected chi connectivity index (χ2v) is 17.1. The van der Waals surface area contributed by atoms with Crippen molar-refractivity contribution in [2.24, 2.45) is 29.0 Å². The van der Waals surface area contributed by atoms with E-state index in [4.69, 9.17) is 17.2 Å². The lowest BCUT2D eigenvalue weighted by molar-refractivity contribution is -0.142. The molecule has 1 aromatic rings. The molecule has 374 valence electrons. The summed E-state index contributed by atoms with van der Waals surface area (Å²) in [5.41, 5.74) is 16.9. The highest BCUT2D eigenvalue weighted by Crippen LogP contribution is 2.21. The quantitative estimate of drug-likeness (QED) is 0.0357. The van der Waals surface area contributed by atoms with E-state index in [1.807, 2.05) is 0 Å². The first-order valence-corrected chi connectivity index (χ1v) is 23.2. The Balaban J connectivity index is 2.27. The molecule has 25 heteroatoms. The fourth-order valence-electron chi connectivity index (χ4n) is 6.87. The number of hydrogen-bond donors (Lipinski definition) is 14. The number of nitrogens with two attached hydrogens (primary N) is 3. The monoisotopic (exact) mass is 981 g/mol. The van der Waals surface area contributed by atoms with Crippen LogP contribution >= 0.6 is 25.3 Å². The molecule has 1 aliphatic rings. The van der Waals surface area contributed by atoms with Gasteiger partial charge in [-0.15, -0.1) is 0 Å². The minimum Gasteiger partial charge on any atom is -0.508 e. The number of phenols is 1. The van der Waals surface area contributed by atoms with Crippen LogP contribution in [0.1, 0.15) is 71.8 Å².